The first-order chi connectivity index (χ1) is 15.9. The van der Waals surface area contributed by atoms with Crippen molar-refractivity contribution >= 4 is 34.6 Å². The Labute approximate surface area is 194 Å². The van der Waals surface area contributed by atoms with Crippen LogP contribution in [-0.4, -0.2) is 22.7 Å². The number of halogens is 1. The fraction of sp³-hybridized carbons (Fsp3) is 0.125. The summed E-state index contributed by atoms with van der Waals surface area (Å²) in [5.41, 5.74) is 2.36. The van der Waals surface area contributed by atoms with Gasteiger partial charge in [-0.25, -0.2) is 4.79 Å². The maximum absolute atomic E-state index is 12.7. The Hall–Kier alpha value is -4.04. The van der Waals surface area contributed by atoms with E-state index in [9.17, 15) is 20.0 Å². The zero-order chi connectivity index (χ0) is 23.5. The summed E-state index contributed by atoms with van der Waals surface area (Å²) < 4.78 is 5.44. The van der Waals surface area contributed by atoms with Gasteiger partial charge in [0, 0.05) is 22.2 Å². The number of aromatic hydroxyl groups is 1. The van der Waals surface area contributed by atoms with E-state index in [4.69, 9.17) is 16.3 Å². The van der Waals surface area contributed by atoms with E-state index in [1.54, 1.807) is 19.1 Å². The predicted molar refractivity (Wildman–Crippen MR) is 125 cm³/mol. The summed E-state index contributed by atoms with van der Waals surface area (Å²) in [6, 6.07) is 17.8. The number of hydrogen-bond acceptors (Lipinski definition) is 5. The SMILES string of the molecule is CCOc1cc(C2NC(=O)NC(c3ccccc3)=C2c2ccccc2Cl)cc([N+](=O)[O-])c1O. The third kappa shape index (κ3) is 4.33. The number of phenolic OH excluding ortho intramolecular Hbond substituents is 1. The molecule has 1 aliphatic rings. The first-order valence-corrected chi connectivity index (χ1v) is 10.5. The van der Waals surface area contributed by atoms with Crippen LogP contribution < -0.4 is 15.4 Å². The smallest absolute Gasteiger partial charge is 0.320 e. The number of nitro benzene ring substituents is 1. The van der Waals surface area contributed by atoms with Gasteiger partial charge in [0.05, 0.1) is 23.3 Å². The third-order valence-electron chi connectivity index (χ3n) is 5.21. The van der Waals surface area contributed by atoms with Crippen molar-refractivity contribution in [3.63, 3.8) is 0 Å². The van der Waals surface area contributed by atoms with Gasteiger partial charge in [-0.05, 0) is 30.2 Å². The van der Waals surface area contributed by atoms with E-state index in [2.05, 4.69) is 10.6 Å². The highest BCUT2D eigenvalue weighted by Gasteiger charge is 2.33. The highest BCUT2D eigenvalue weighted by atomic mass is 35.5. The molecule has 0 aromatic heterocycles. The molecule has 3 aromatic rings. The normalized spacial score (nSPS) is 15.6. The Morgan fingerprint density at radius 2 is 1.82 bits per heavy atom. The Bertz CT molecular complexity index is 1260. The fourth-order valence-corrected chi connectivity index (χ4v) is 4.04. The van der Waals surface area contributed by atoms with Crippen LogP contribution in [-0.2, 0) is 0 Å². The first kappa shape index (κ1) is 22.2. The second kappa shape index (κ2) is 9.22. The van der Waals surface area contributed by atoms with E-state index < -0.39 is 28.4 Å². The van der Waals surface area contributed by atoms with Gasteiger partial charge in [0.2, 0.25) is 5.75 Å². The molecule has 1 heterocycles. The quantitative estimate of drug-likeness (QED) is 0.338. The van der Waals surface area contributed by atoms with Crippen LogP contribution >= 0.6 is 11.6 Å². The van der Waals surface area contributed by atoms with Crippen molar-refractivity contribution in [3.8, 4) is 11.5 Å². The van der Waals surface area contributed by atoms with Crippen LogP contribution in [0.4, 0.5) is 10.5 Å². The molecular weight excluding hydrogens is 446 g/mol. The number of ether oxygens (including phenoxy) is 1. The molecule has 4 rings (SSSR count). The van der Waals surface area contributed by atoms with Crippen molar-refractivity contribution in [1.82, 2.24) is 10.6 Å². The molecule has 0 saturated carbocycles. The van der Waals surface area contributed by atoms with Crippen molar-refractivity contribution < 1.29 is 19.6 Å². The number of amides is 2. The van der Waals surface area contributed by atoms with E-state index >= 15 is 0 Å². The number of carbonyl (C=O) groups excluding carboxylic acids is 1. The Balaban J connectivity index is 2.01. The van der Waals surface area contributed by atoms with E-state index in [-0.39, 0.29) is 12.4 Å². The summed E-state index contributed by atoms with van der Waals surface area (Å²) in [4.78, 5) is 23.6. The standard InChI is InChI=1S/C24H20ClN3O5/c1-2-33-19-13-15(12-18(23(19)29)28(31)32)22-20(16-10-6-7-11-17(16)25)21(26-24(30)27-22)14-8-4-3-5-9-14/h3-13,22,29H,2H2,1H3,(H2,26,27,30). The average Bonchev–Trinajstić information content (AvgIpc) is 2.81. The number of urea groups is 1. The minimum atomic E-state index is -0.813. The number of nitrogens with zero attached hydrogens (tertiary/aromatic N) is 1. The molecule has 2 amide bonds. The van der Waals surface area contributed by atoms with Crippen LogP contribution in [0.1, 0.15) is 29.7 Å². The lowest BCUT2D eigenvalue weighted by Crippen LogP contribution is -2.43. The molecule has 9 heteroatoms. The number of nitro groups is 1. The highest BCUT2D eigenvalue weighted by molar-refractivity contribution is 6.33. The summed E-state index contributed by atoms with van der Waals surface area (Å²) in [6.45, 7) is 1.89. The predicted octanol–water partition coefficient (Wildman–Crippen LogP) is 5.27. The molecule has 0 radical (unpaired) electrons. The maximum atomic E-state index is 12.7. The van der Waals surface area contributed by atoms with Gasteiger partial charge in [0.1, 0.15) is 0 Å². The van der Waals surface area contributed by atoms with Gasteiger partial charge in [-0.15, -0.1) is 0 Å². The molecule has 3 N–H and O–H groups in total. The monoisotopic (exact) mass is 465 g/mol. The second-order valence-corrected chi connectivity index (χ2v) is 7.65. The van der Waals surface area contributed by atoms with Gasteiger partial charge in [-0.1, -0.05) is 60.1 Å². The summed E-state index contributed by atoms with van der Waals surface area (Å²) in [6.07, 6.45) is 0. The second-order valence-electron chi connectivity index (χ2n) is 7.24. The van der Waals surface area contributed by atoms with Crippen LogP contribution in [0.15, 0.2) is 66.7 Å². The van der Waals surface area contributed by atoms with Crippen molar-refractivity contribution in [2.45, 2.75) is 13.0 Å². The lowest BCUT2D eigenvalue weighted by Gasteiger charge is -2.31. The van der Waals surface area contributed by atoms with E-state index in [0.29, 0.717) is 27.4 Å². The molecule has 8 nitrogen and oxygen atoms in total. The average molecular weight is 466 g/mol. The largest absolute Gasteiger partial charge is 0.500 e. The summed E-state index contributed by atoms with van der Waals surface area (Å²) in [7, 11) is 0. The van der Waals surface area contributed by atoms with Gasteiger partial charge in [-0.2, -0.15) is 0 Å². The molecule has 0 bridgehead atoms. The first-order valence-electron chi connectivity index (χ1n) is 10.2. The Kier molecular flexibility index (Phi) is 6.19. The minimum Gasteiger partial charge on any atom is -0.500 e. The van der Waals surface area contributed by atoms with Crippen LogP contribution in [0.25, 0.3) is 11.3 Å². The third-order valence-corrected chi connectivity index (χ3v) is 5.54. The molecule has 0 spiro atoms. The molecule has 1 aliphatic heterocycles. The van der Waals surface area contributed by atoms with Gasteiger partial charge in [0.15, 0.2) is 5.75 Å². The molecule has 0 aliphatic carbocycles. The molecule has 168 valence electrons. The van der Waals surface area contributed by atoms with Crippen LogP contribution in [0.5, 0.6) is 11.5 Å². The molecule has 0 saturated heterocycles. The maximum Gasteiger partial charge on any atom is 0.320 e. The molecule has 3 aromatic carbocycles. The van der Waals surface area contributed by atoms with Gasteiger partial charge in [0.25, 0.3) is 0 Å². The fourth-order valence-electron chi connectivity index (χ4n) is 3.80. The topological polar surface area (TPSA) is 114 Å². The Morgan fingerprint density at radius 3 is 2.48 bits per heavy atom. The summed E-state index contributed by atoms with van der Waals surface area (Å²) in [5, 5.41) is 28.1. The molecule has 1 unspecified atom stereocenters. The number of nitrogens with one attached hydrogen (secondary N) is 2. The van der Waals surface area contributed by atoms with Gasteiger partial charge in [-0.3, -0.25) is 10.1 Å². The van der Waals surface area contributed by atoms with Crippen LogP contribution in [0, 0.1) is 10.1 Å². The number of hydrogen-bond donors (Lipinski definition) is 3. The zero-order valence-corrected chi connectivity index (χ0v) is 18.3. The van der Waals surface area contributed by atoms with Crippen molar-refractivity contribution in [2.75, 3.05) is 6.61 Å². The van der Waals surface area contributed by atoms with Crippen molar-refractivity contribution in [2.24, 2.45) is 0 Å². The molecule has 33 heavy (non-hydrogen) atoms. The van der Waals surface area contributed by atoms with Crippen molar-refractivity contribution in [3.05, 3.63) is 98.6 Å². The lowest BCUT2D eigenvalue weighted by atomic mass is 9.87. The number of benzene rings is 3. The van der Waals surface area contributed by atoms with Crippen LogP contribution in [0.3, 0.4) is 0 Å². The minimum absolute atomic E-state index is 0.0470. The number of phenols is 1. The van der Waals surface area contributed by atoms with Crippen LogP contribution in [0.2, 0.25) is 5.02 Å². The Morgan fingerprint density at radius 1 is 1.12 bits per heavy atom. The van der Waals surface area contributed by atoms with Gasteiger partial charge >= 0.3 is 11.7 Å². The molecule has 1 atom stereocenters. The van der Waals surface area contributed by atoms with E-state index in [1.165, 1.54) is 12.1 Å². The highest BCUT2D eigenvalue weighted by Crippen LogP contribution is 2.45. The molecule has 0 fully saturated rings. The van der Waals surface area contributed by atoms with Gasteiger partial charge < -0.3 is 20.5 Å². The zero-order valence-electron chi connectivity index (χ0n) is 17.5. The van der Waals surface area contributed by atoms with E-state index in [0.717, 1.165) is 5.56 Å². The summed E-state index contributed by atoms with van der Waals surface area (Å²) in [5.74, 6) is -0.619. The van der Waals surface area contributed by atoms with Crippen molar-refractivity contribution in [1.29, 1.82) is 0 Å². The summed E-state index contributed by atoms with van der Waals surface area (Å²) >= 11 is 6.54. The van der Waals surface area contributed by atoms with E-state index in [1.807, 2.05) is 42.5 Å². The number of carbonyl (C=O) groups is 1. The lowest BCUT2D eigenvalue weighted by molar-refractivity contribution is -0.386. The molecular formula is C24H20ClN3O5. The number of rotatable bonds is 6.